The van der Waals surface area contributed by atoms with Crippen LogP contribution < -0.4 is 0 Å². The highest BCUT2D eigenvalue weighted by Gasteiger charge is 2.11. The van der Waals surface area contributed by atoms with Crippen LogP contribution in [0.5, 0.6) is 0 Å². The van der Waals surface area contributed by atoms with Gasteiger partial charge in [-0.2, -0.15) is 0 Å². The van der Waals surface area contributed by atoms with Crippen LogP contribution in [0.15, 0.2) is 46.9 Å². The summed E-state index contributed by atoms with van der Waals surface area (Å²) in [5, 5.41) is 8.90. The molecule has 0 bridgehead atoms. The first-order valence-electron chi connectivity index (χ1n) is 5.53. The SMILES string of the molecule is O=C(O)c1ccc2oc(-c3cccc(F)c3)nc2c1. The van der Waals surface area contributed by atoms with Crippen molar-refractivity contribution in [3.8, 4) is 11.5 Å². The van der Waals surface area contributed by atoms with Crippen LogP contribution in [-0.2, 0) is 0 Å². The van der Waals surface area contributed by atoms with Crippen molar-refractivity contribution in [1.29, 1.82) is 0 Å². The van der Waals surface area contributed by atoms with Crippen LogP contribution in [0.2, 0.25) is 0 Å². The molecule has 5 heteroatoms. The molecule has 0 radical (unpaired) electrons. The average Bonchev–Trinajstić information content (AvgIpc) is 2.81. The minimum Gasteiger partial charge on any atom is -0.478 e. The van der Waals surface area contributed by atoms with Gasteiger partial charge in [-0.05, 0) is 36.4 Å². The van der Waals surface area contributed by atoms with Gasteiger partial charge in [-0.25, -0.2) is 14.2 Å². The molecular weight excluding hydrogens is 249 g/mol. The fourth-order valence-electron chi connectivity index (χ4n) is 1.81. The Morgan fingerprint density at radius 3 is 2.79 bits per heavy atom. The third-order valence-corrected chi connectivity index (χ3v) is 2.71. The highest BCUT2D eigenvalue weighted by molar-refractivity contribution is 5.92. The van der Waals surface area contributed by atoms with E-state index in [1.807, 2.05) is 0 Å². The lowest BCUT2D eigenvalue weighted by Gasteiger charge is -1.93. The van der Waals surface area contributed by atoms with Crippen molar-refractivity contribution < 1.29 is 18.7 Å². The van der Waals surface area contributed by atoms with Crippen LogP contribution in [0.1, 0.15) is 10.4 Å². The molecule has 19 heavy (non-hydrogen) atoms. The van der Waals surface area contributed by atoms with E-state index in [2.05, 4.69) is 4.98 Å². The molecule has 1 N–H and O–H groups in total. The van der Waals surface area contributed by atoms with E-state index in [4.69, 9.17) is 9.52 Å². The van der Waals surface area contributed by atoms with Crippen molar-refractivity contribution in [3.05, 3.63) is 53.8 Å². The molecule has 3 rings (SSSR count). The first kappa shape index (κ1) is 11.4. The standard InChI is InChI=1S/C14H8FNO3/c15-10-3-1-2-8(6-10)13-16-11-7-9(14(17)18)4-5-12(11)19-13/h1-7H,(H,17,18). The second-order valence-electron chi connectivity index (χ2n) is 4.02. The van der Waals surface area contributed by atoms with Gasteiger partial charge in [0.15, 0.2) is 5.58 Å². The minimum absolute atomic E-state index is 0.131. The molecule has 0 aliphatic rings. The lowest BCUT2D eigenvalue weighted by Crippen LogP contribution is -1.94. The zero-order valence-electron chi connectivity index (χ0n) is 9.63. The molecule has 0 atom stereocenters. The van der Waals surface area contributed by atoms with E-state index >= 15 is 0 Å². The van der Waals surface area contributed by atoms with Crippen LogP contribution in [0.4, 0.5) is 4.39 Å². The summed E-state index contributed by atoms with van der Waals surface area (Å²) < 4.78 is 18.6. The number of oxazole rings is 1. The third kappa shape index (κ3) is 2.06. The van der Waals surface area contributed by atoms with E-state index in [1.54, 1.807) is 12.1 Å². The number of benzene rings is 2. The molecule has 3 aromatic rings. The quantitative estimate of drug-likeness (QED) is 0.764. The number of carbonyl (C=O) groups is 1. The van der Waals surface area contributed by atoms with E-state index < -0.39 is 5.97 Å². The van der Waals surface area contributed by atoms with Gasteiger partial charge in [0.1, 0.15) is 11.3 Å². The summed E-state index contributed by atoms with van der Waals surface area (Å²) in [7, 11) is 0. The normalized spacial score (nSPS) is 10.8. The number of rotatable bonds is 2. The maximum atomic E-state index is 13.1. The highest BCUT2D eigenvalue weighted by atomic mass is 19.1. The Bertz CT molecular complexity index is 779. The summed E-state index contributed by atoms with van der Waals surface area (Å²) in [4.78, 5) is 15.0. The van der Waals surface area contributed by atoms with Crippen LogP contribution in [0.25, 0.3) is 22.6 Å². The predicted molar refractivity (Wildman–Crippen MR) is 66.4 cm³/mol. The lowest BCUT2D eigenvalue weighted by atomic mass is 10.2. The number of carboxylic acid groups (broad SMARTS) is 1. The van der Waals surface area contributed by atoms with Crippen LogP contribution in [0, 0.1) is 5.82 Å². The fourth-order valence-corrected chi connectivity index (χ4v) is 1.81. The van der Waals surface area contributed by atoms with Crippen molar-refractivity contribution in [3.63, 3.8) is 0 Å². The molecule has 0 aliphatic heterocycles. The summed E-state index contributed by atoms with van der Waals surface area (Å²) in [6.07, 6.45) is 0. The molecule has 0 unspecified atom stereocenters. The summed E-state index contributed by atoms with van der Waals surface area (Å²) in [6, 6.07) is 10.3. The van der Waals surface area contributed by atoms with Gasteiger partial charge in [-0.1, -0.05) is 6.07 Å². The van der Waals surface area contributed by atoms with Gasteiger partial charge < -0.3 is 9.52 Å². The van der Waals surface area contributed by atoms with E-state index in [0.29, 0.717) is 16.7 Å². The van der Waals surface area contributed by atoms with Gasteiger partial charge in [-0.3, -0.25) is 0 Å². The predicted octanol–water partition coefficient (Wildman–Crippen LogP) is 3.33. The number of halogens is 1. The van der Waals surface area contributed by atoms with E-state index in [1.165, 1.54) is 30.3 Å². The fraction of sp³-hybridized carbons (Fsp3) is 0. The van der Waals surface area contributed by atoms with Gasteiger partial charge in [0.2, 0.25) is 5.89 Å². The van der Waals surface area contributed by atoms with E-state index in [0.717, 1.165) is 0 Å². The summed E-state index contributed by atoms with van der Waals surface area (Å²) in [6.45, 7) is 0. The molecule has 1 heterocycles. The molecular formula is C14H8FNO3. The van der Waals surface area contributed by atoms with Crippen LogP contribution in [0.3, 0.4) is 0 Å². The highest BCUT2D eigenvalue weighted by Crippen LogP contribution is 2.25. The third-order valence-electron chi connectivity index (χ3n) is 2.71. The van der Waals surface area contributed by atoms with Crippen molar-refractivity contribution in [2.24, 2.45) is 0 Å². The molecule has 0 amide bonds. The number of fused-ring (bicyclic) bond motifs is 1. The smallest absolute Gasteiger partial charge is 0.335 e. The Balaban J connectivity index is 2.14. The van der Waals surface area contributed by atoms with Crippen molar-refractivity contribution in [2.75, 3.05) is 0 Å². The summed E-state index contributed by atoms with van der Waals surface area (Å²) in [5.74, 6) is -1.15. The topological polar surface area (TPSA) is 63.3 Å². The zero-order valence-corrected chi connectivity index (χ0v) is 9.63. The van der Waals surface area contributed by atoms with Gasteiger partial charge in [-0.15, -0.1) is 0 Å². The number of aromatic nitrogens is 1. The Labute approximate surface area is 107 Å². The molecule has 4 nitrogen and oxygen atoms in total. The Morgan fingerprint density at radius 1 is 1.21 bits per heavy atom. The average molecular weight is 257 g/mol. The Hall–Kier alpha value is -2.69. The Morgan fingerprint density at radius 2 is 2.05 bits per heavy atom. The molecule has 0 fully saturated rings. The lowest BCUT2D eigenvalue weighted by molar-refractivity contribution is 0.0697. The van der Waals surface area contributed by atoms with Gasteiger partial charge in [0.05, 0.1) is 5.56 Å². The maximum Gasteiger partial charge on any atom is 0.335 e. The summed E-state index contributed by atoms with van der Waals surface area (Å²) in [5.41, 5.74) is 1.53. The first-order valence-corrected chi connectivity index (χ1v) is 5.53. The number of nitrogens with zero attached hydrogens (tertiary/aromatic N) is 1. The molecule has 0 saturated heterocycles. The summed E-state index contributed by atoms with van der Waals surface area (Å²) >= 11 is 0. The maximum absolute atomic E-state index is 13.1. The second kappa shape index (κ2) is 4.20. The number of carboxylic acids is 1. The number of hydrogen-bond acceptors (Lipinski definition) is 3. The minimum atomic E-state index is -1.03. The molecule has 0 saturated carbocycles. The van der Waals surface area contributed by atoms with Gasteiger partial charge in [0, 0.05) is 5.56 Å². The van der Waals surface area contributed by atoms with Crippen LogP contribution in [-0.4, -0.2) is 16.1 Å². The molecule has 0 spiro atoms. The molecule has 94 valence electrons. The second-order valence-corrected chi connectivity index (χ2v) is 4.02. The zero-order chi connectivity index (χ0) is 13.4. The van der Waals surface area contributed by atoms with Gasteiger partial charge in [0.25, 0.3) is 0 Å². The van der Waals surface area contributed by atoms with E-state index in [9.17, 15) is 9.18 Å². The van der Waals surface area contributed by atoms with Crippen molar-refractivity contribution in [2.45, 2.75) is 0 Å². The van der Waals surface area contributed by atoms with E-state index in [-0.39, 0.29) is 17.3 Å². The largest absolute Gasteiger partial charge is 0.478 e. The number of aromatic carboxylic acids is 1. The van der Waals surface area contributed by atoms with Crippen molar-refractivity contribution >= 4 is 17.1 Å². The van der Waals surface area contributed by atoms with Crippen molar-refractivity contribution in [1.82, 2.24) is 4.98 Å². The molecule has 0 aliphatic carbocycles. The first-order chi connectivity index (χ1) is 9.13. The molecule has 2 aromatic carbocycles. The van der Waals surface area contributed by atoms with Gasteiger partial charge >= 0.3 is 5.97 Å². The van der Waals surface area contributed by atoms with Crippen LogP contribution >= 0.6 is 0 Å². The Kier molecular flexibility index (Phi) is 2.52. The number of hydrogen-bond donors (Lipinski definition) is 1. The molecule has 1 aromatic heterocycles. The monoisotopic (exact) mass is 257 g/mol.